The Morgan fingerprint density at radius 3 is 2.48 bits per heavy atom. The van der Waals surface area contributed by atoms with E-state index in [0.717, 1.165) is 18.9 Å². The number of piperazine rings is 1. The van der Waals surface area contributed by atoms with Gasteiger partial charge < -0.3 is 24.7 Å². The Bertz CT molecular complexity index is 1120. The first-order chi connectivity index (χ1) is 15.8. The van der Waals surface area contributed by atoms with Crippen molar-refractivity contribution in [2.45, 2.75) is 39.7 Å². The number of H-pyrrole nitrogens is 1. The molecule has 7 nitrogen and oxygen atoms in total. The number of amides is 2. The summed E-state index contributed by atoms with van der Waals surface area (Å²) in [5.74, 6) is -1.09. The molecule has 0 radical (unpaired) electrons. The Labute approximate surface area is 194 Å². The molecule has 0 saturated carbocycles. The normalized spacial score (nSPS) is 15.8. The fraction of sp³-hybridized carbons (Fsp3) is 0.346. The monoisotopic (exact) mass is 448 g/mol. The predicted octanol–water partition coefficient (Wildman–Crippen LogP) is 2.54. The van der Waals surface area contributed by atoms with Gasteiger partial charge >= 0.3 is 0 Å². The smallest absolute Gasteiger partial charge is 0.254 e. The second-order valence-electron chi connectivity index (χ2n) is 8.22. The van der Waals surface area contributed by atoms with Crippen LogP contribution >= 0.6 is 0 Å². The highest BCUT2D eigenvalue weighted by Gasteiger charge is 2.36. The molecule has 33 heavy (non-hydrogen) atoms. The number of fused-ring (bicyclic) bond motifs is 1. The third-order valence-electron chi connectivity index (χ3n) is 5.83. The van der Waals surface area contributed by atoms with Crippen LogP contribution in [0.5, 0.6) is 0 Å². The topological polar surface area (TPSA) is 96.5 Å². The molecule has 174 valence electrons. The second kappa shape index (κ2) is 10.8. The van der Waals surface area contributed by atoms with Crippen LogP contribution in [-0.2, 0) is 16.0 Å². The highest BCUT2D eigenvalue weighted by Crippen LogP contribution is 2.22. The summed E-state index contributed by atoms with van der Waals surface area (Å²) in [7, 11) is 0. The molecule has 3 aromatic rings. The van der Waals surface area contributed by atoms with Crippen molar-refractivity contribution in [3.05, 3.63) is 71.4 Å². The molecule has 2 aromatic carbocycles. The van der Waals surface area contributed by atoms with Crippen LogP contribution in [0.2, 0.25) is 0 Å². The number of hydrogen-bond donors (Lipinski definition) is 1. The van der Waals surface area contributed by atoms with Crippen molar-refractivity contribution in [2.24, 2.45) is 0 Å². The summed E-state index contributed by atoms with van der Waals surface area (Å²) in [6.45, 7) is 6.85. The van der Waals surface area contributed by atoms with Gasteiger partial charge in [-0.1, -0.05) is 37.3 Å². The molecule has 1 N–H and O–H groups in total. The van der Waals surface area contributed by atoms with Gasteiger partial charge in [0.1, 0.15) is 6.04 Å². The number of aliphatic carboxylic acids is 1. The van der Waals surface area contributed by atoms with Crippen LogP contribution in [0.15, 0.2) is 54.7 Å². The molecule has 1 fully saturated rings. The van der Waals surface area contributed by atoms with Crippen molar-refractivity contribution in [2.75, 3.05) is 19.6 Å². The van der Waals surface area contributed by atoms with Crippen molar-refractivity contribution in [1.82, 2.24) is 14.8 Å². The lowest BCUT2D eigenvalue weighted by atomic mass is 10.0. The van der Waals surface area contributed by atoms with Gasteiger partial charge in [-0.05, 0) is 56.0 Å². The molecule has 0 bridgehead atoms. The molecule has 0 aliphatic carbocycles. The van der Waals surface area contributed by atoms with Gasteiger partial charge in [0.2, 0.25) is 5.91 Å². The lowest BCUT2D eigenvalue weighted by molar-refractivity contribution is -0.302. The summed E-state index contributed by atoms with van der Waals surface area (Å²) in [5, 5.41) is 10.1. The van der Waals surface area contributed by atoms with Gasteiger partial charge in [0.25, 0.3) is 5.91 Å². The lowest BCUT2D eigenvalue weighted by Gasteiger charge is -2.40. The number of aromatic nitrogens is 1. The molecule has 2 amide bonds. The van der Waals surface area contributed by atoms with Crippen LogP contribution in [-0.4, -0.2) is 58.2 Å². The van der Waals surface area contributed by atoms with Gasteiger partial charge in [-0.15, -0.1) is 0 Å². The zero-order valence-electron chi connectivity index (χ0n) is 19.3. The highest BCUT2D eigenvalue weighted by molar-refractivity contribution is 5.98. The van der Waals surface area contributed by atoms with E-state index in [1.54, 1.807) is 4.90 Å². The molecule has 1 aliphatic rings. The predicted molar refractivity (Wildman–Crippen MR) is 126 cm³/mol. The Hall–Kier alpha value is -3.61. The number of carbonyl (C=O) groups is 3. The van der Waals surface area contributed by atoms with Crippen LogP contribution in [0.3, 0.4) is 0 Å². The first-order valence-electron chi connectivity index (χ1n) is 11.2. The van der Waals surface area contributed by atoms with Gasteiger partial charge in [0.05, 0.1) is 0 Å². The van der Waals surface area contributed by atoms with Crippen LogP contribution in [0.1, 0.15) is 41.8 Å². The number of aromatic amines is 1. The summed E-state index contributed by atoms with van der Waals surface area (Å²) in [5.41, 5.74) is 4.23. The molecule has 2 heterocycles. The number of nitrogens with one attached hydrogen (secondary N) is 1. The van der Waals surface area contributed by atoms with Crippen LogP contribution in [0.25, 0.3) is 10.9 Å². The van der Waals surface area contributed by atoms with Gasteiger partial charge in [-0.3, -0.25) is 9.59 Å². The largest absolute Gasteiger partial charge is 0.550 e. The number of nitrogens with zero attached hydrogens (tertiary/aromatic N) is 2. The summed E-state index contributed by atoms with van der Waals surface area (Å²) in [4.78, 5) is 41.9. The number of hydrogen-bond acceptors (Lipinski definition) is 4. The number of aryl methyl sites for hydroxylation is 1. The Kier molecular flexibility index (Phi) is 7.87. The minimum atomic E-state index is -1.08. The quantitative estimate of drug-likeness (QED) is 0.649. The Morgan fingerprint density at radius 2 is 1.82 bits per heavy atom. The third kappa shape index (κ3) is 5.80. The average Bonchev–Trinajstić information content (AvgIpc) is 3.19. The first-order valence-corrected chi connectivity index (χ1v) is 11.2. The summed E-state index contributed by atoms with van der Waals surface area (Å²) in [6.07, 6.45) is 3.47. The lowest BCUT2D eigenvalue weighted by Crippen LogP contribution is -2.58. The van der Waals surface area contributed by atoms with E-state index in [2.05, 4.69) is 30.1 Å². The molecule has 7 heteroatoms. The highest BCUT2D eigenvalue weighted by atomic mass is 16.4. The average molecular weight is 449 g/mol. The molecular weight excluding hydrogens is 418 g/mol. The van der Waals surface area contributed by atoms with E-state index in [1.165, 1.54) is 16.5 Å². The van der Waals surface area contributed by atoms with Crippen LogP contribution in [0.4, 0.5) is 0 Å². The Morgan fingerprint density at radius 1 is 1.12 bits per heavy atom. The minimum Gasteiger partial charge on any atom is -0.550 e. The third-order valence-corrected chi connectivity index (χ3v) is 5.83. The Balaban J connectivity index is 0.000000709. The van der Waals surface area contributed by atoms with Gasteiger partial charge in [0, 0.05) is 48.3 Å². The van der Waals surface area contributed by atoms with Crippen LogP contribution < -0.4 is 5.11 Å². The van der Waals surface area contributed by atoms with E-state index in [-0.39, 0.29) is 17.9 Å². The number of rotatable bonds is 5. The standard InChI is InChI=1S/C24H27N3O2.C2H4O2/c1-3-22-24(29)26(13-14-27(22)23(28)18-7-5-4-6-8-18)12-11-19-16-25-21-15-17(2)9-10-20(19)21;1-2(3)4/h4-10,15-16,22,25H,3,11-14H2,1-2H3;1H3,(H,3,4)/p-1. The van der Waals surface area contributed by atoms with Crippen molar-refractivity contribution in [3.63, 3.8) is 0 Å². The van der Waals surface area contributed by atoms with Crippen molar-refractivity contribution in [3.8, 4) is 0 Å². The second-order valence-corrected chi connectivity index (χ2v) is 8.22. The van der Waals surface area contributed by atoms with Crippen molar-refractivity contribution >= 4 is 28.7 Å². The van der Waals surface area contributed by atoms with Gasteiger partial charge in [-0.2, -0.15) is 0 Å². The minimum absolute atomic E-state index is 0.0544. The number of benzene rings is 2. The number of carboxylic acids is 1. The van der Waals surface area contributed by atoms with E-state index < -0.39 is 5.97 Å². The summed E-state index contributed by atoms with van der Waals surface area (Å²) >= 11 is 0. The number of carboxylic acid groups (broad SMARTS) is 1. The van der Waals surface area contributed by atoms with E-state index >= 15 is 0 Å². The van der Waals surface area contributed by atoms with E-state index in [0.29, 0.717) is 31.6 Å². The molecule has 1 aliphatic heterocycles. The molecule has 1 aromatic heterocycles. The maximum Gasteiger partial charge on any atom is 0.254 e. The molecule has 0 spiro atoms. The fourth-order valence-electron chi connectivity index (χ4n) is 4.21. The fourth-order valence-corrected chi connectivity index (χ4v) is 4.21. The van der Waals surface area contributed by atoms with E-state index in [9.17, 15) is 9.59 Å². The summed E-state index contributed by atoms with van der Waals surface area (Å²) < 4.78 is 0. The van der Waals surface area contributed by atoms with Gasteiger partial charge in [0.15, 0.2) is 0 Å². The maximum absolute atomic E-state index is 13.1. The number of carbonyl (C=O) groups excluding carboxylic acids is 3. The molecule has 4 rings (SSSR count). The molecule has 1 saturated heterocycles. The zero-order valence-corrected chi connectivity index (χ0v) is 19.3. The zero-order chi connectivity index (χ0) is 24.0. The first kappa shape index (κ1) is 24.0. The molecule has 1 atom stereocenters. The molecule has 1 unspecified atom stereocenters. The van der Waals surface area contributed by atoms with E-state index in [1.807, 2.05) is 48.4 Å². The van der Waals surface area contributed by atoms with Gasteiger partial charge in [-0.25, -0.2) is 0 Å². The van der Waals surface area contributed by atoms with Crippen molar-refractivity contribution < 1.29 is 19.5 Å². The maximum atomic E-state index is 13.1. The van der Waals surface area contributed by atoms with Crippen LogP contribution in [0, 0.1) is 6.92 Å². The van der Waals surface area contributed by atoms with E-state index in [4.69, 9.17) is 9.90 Å². The van der Waals surface area contributed by atoms with Crippen molar-refractivity contribution in [1.29, 1.82) is 0 Å². The summed E-state index contributed by atoms with van der Waals surface area (Å²) in [6, 6.07) is 15.2. The SMILES string of the molecule is CC(=O)[O-].CCC1C(=O)N(CCc2c[nH]c3cc(C)ccc23)CCN1C(=O)c1ccccc1. The molecular formula is C26H30N3O4-.